The van der Waals surface area contributed by atoms with E-state index in [9.17, 15) is 19.2 Å². The van der Waals surface area contributed by atoms with Crippen molar-refractivity contribution in [1.29, 1.82) is 0 Å². The maximum absolute atomic E-state index is 13.1. The van der Waals surface area contributed by atoms with Crippen LogP contribution in [0.2, 0.25) is 0 Å². The molecule has 1 aromatic rings. The van der Waals surface area contributed by atoms with E-state index < -0.39 is 6.04 Å². The van der Waals surface area contributed by atoms with Gasteiger partial charge in [-0.2, -0.15) is 11.8 Å². The van der Waals surface area contributed by atoms with Crippen LogP contribution in [0.1, 0.15) is 50.5 Å². The lowest BCUT2D eigenvalue weighted by molar-refractivity contribution is -0.148. The number of anilines is 1. The van der Waals surface area contributed by atoms with Crippen LogP contribution < -0.4 is 10.2 Å². The summed E-state index contributed by atoms with van der Waals surface area (Å²) < 4.78 is 0. The third-order valence-electron chi connectivity index (χ3n) is 6.87. The third-order valence-corrected chi connectivity index (χ3v) is 7.52. The molecule has 3 atom stereocenters. The Morgan fingerprint density at radius 1 is 1.06 bits per heavy atom. The van der Waals surface area contributed by atoms with Crippen molar-refractivity contribution in [3.05, 3.63) is 29.8 Å². The number of nitrogens with one attached hydrogen (secondary N) is 1. The normalized spacial score (nSPS) is 24.1. The number of likely N-dealkylation sites (tertiary alicyclic amines) is 1. The molecule has 8 heteroatoms. The van der Waals surface area contributed by atoms with E-state index in [0.29, 0.717) is 25.1 Å². The Hall–Kier alpha value is -2.35. The first-order valence-corrected chi connectivity index (χ1v) is 12.9. The lowest BCUT2D eigenvalue weighted by atomic mass is 9.81. The number of fused-ring (bicyclic) bond motifs is 1. The largest absolute Gasteiger partial charge is 0.350 e. The average molecular weight is 458 g/mol. The number of hydrogen-bond donors (Lipinski definition) is 1. The van der Waals surface area contributed by atoms with Gasteiger partial charge in [0.2, 0.25) is 23.6 Å². The van der Waals surface area contributed by atoms with Gasteiger partial charge < -0.3 is 10.2 Å². The van der Waals surface area contributed by atoms with Crippen molar-refractivity contribution in [1.82, 2.24) is 10.2 Å². The molecule has 0 aromatic heterocycles. The Morgan fingerprint density at radius 2 is 1.72 bits per heavy atom. The van der Waals surface area contributed by atoms with E-state index in [1.807, 2.05) is 30.5 Å². The Morgan fingerprint density at radius 3 is 2.28 bits per heavy atom. The van der Waals surface area contributed by atoms with E-state index >= 15 is 0 Å². The van der Waals surface area contributed by atoms with Crippen molar-refractivity contribution in [2.75, 3.05) is 23.5 Å². The van der Waals surface area contributed by atoms with Crippen LogP contribution in [0.3, 0.4) is 0 Å². The minimum atomic E-state index is -0.755. The van der Waals surface area contributed by atoms with E-state index in [0.717, 1.165) is 49.9 Å². The Balaban J connectivity index is 1.41. The summed E-state index contributed by atoms with van der Waals surface area (Å²) in [7, 11) is 0. The highest BCUT2D eigenvalue weighted by Crippen LogP contribution is 2.39. The zero-order valence-electron chi connectivity index (χ0n) is 18.5. The molecule has 3 aliphatic rings. The molecule has 2 saturated heterocycles. The number of imide groups is 1. The molecule has 1 aromatic carbocycles. The van der Waals surface area contributed by atoms with Gasteiger partial charge in [-0.1, -0.05) is 25.0 Å². The predicted octanol–water partition coefficient (Wildman–Crippen LogP) is 2.73. The quantitative estimate of drug-likeness (QED) is 0.607. The van der Waals surface area contributed by atoms with Crippen molar-refractivity contribution in [2.24, 2.45) is 11.8 Å². The number of carbonyl (C=O) groups is 4. The van der Waals surface area contributed by atoms with Crippen LogP contribution in [-0.2, 0) is 25.7 Å². The number of benzene rings is 1. The van der Waals surface area contributed by atoms with Gasteiger partial charge in [0.05, 0.1) is 11.8 Å². The van der Waals surface area contributed by atoms with Gasteiger partial charge in [0.1, 0.15) is 6.04 Å². The van der Waals surface area contributed by atoms with Crippen LogP contribution >= 0.6 is 11.8 Å². The second kappa shape index (κ2) is 10.1. The maximum Gasteiger partial charge on any atom is 0.243 e. The van der Waals surface area contributed by atoms with E-state index in [4.69, 9.17) is 0 Å². The van der Waals surface area contributed by atoms with Gasteiger partial charge in [-0.05, 0) is 55.4 Å². The molecule has 7 nitrogen and oxygen atoms in total. The van der Waals surface area contributed by atoms with Crippen LogP contribution in [0.5, 0.6) is 0 Å². The molecule has 4 rings (SSSR count). The van der Waals surface area contributed by atoms with E-state index in [1.165, 1.54) is 4.90 Å². The standard InChI is InChI=1S/C24H31N3O4S/c1-32-14-12-20(27-23(30)18-5-2-3-6-19(18)24(27)31)22(29)25-15-16-8-10-17(11-9-16)26-13-4-7-21(26)28/h8-11,18-20H,2-7,12-15H2,1H3,(H,25,29)/t18-,19+,20-/m1/s1. The topological polar surface area (TPSA) is 86.8 Å². The molecular formula is C24H31N3O4S. The first kappa shape index (κ1) is 22.8. The van der Waals surface area contributed by atoms with Gasteiger partial charge in [-0.25, -0.2) is 0 Å². The van der Waals surface area contributed by atoms with Crippen LogP contribution in [-0.4, -0.2) is 53.1 Å². The minimum Gasteiger partial charge on any atom is -0.350 e. The highest BCUT2D eigenvalue weighted by atomic mass is 32.2. The second-order valence-corrected chi connectivity index (χ2v) is 9.86. The van der Waals surface area contributed by atoms with Gasteiger partial charge >= 0.3 is 0 Å². The minimum absolute atomic E-state index is 0.142. The highest BCUT2D eigenvalue weighted by molar-refractivity contribution is 7.98. The van der Waals surface area contributed by atoms with Crippen molar-refractivity contribution >= 4 is 41.1 Å². The number of thioether (sulfide) groups is 1. The molecule has 4 amide bonds. The predicted molar refractivity (Wildman–Crippen MR) is 124 cm³/mol. The SMILES string of the molecule is CSCC[C@H](C(=O)NCc1ccc(N2CCCC2=O)cc1)N1C(=O)[C@H]2CCCC[C@H]2C1=O. The lowest BCUT2D eigenvalue weighted by Gasteiger charge is -2.26. The molecule has 2 heterocycles. The molecule has 1 N–H and O–H groups in total. The summed E-state index contributed by atoms with van der Waals surface area (Å²) in [5.41, 5.74) is 1.78. The Labute approximate surface area is 193 Å². The average Bonchev–Trinajstić information content (AvgIpc) is 3.35. The lowest BCUT2D eigenvalue weighted by Crippen LogP contribution is -2.50. The molecule has 172 valence electrons. The fraction of sp³-hybridized carbons (Fsp3) is 0.583. The van der Waals surface area contributed by atoms with Gasteiger partial charge in [0.15, 0.2) is 0 Å². The van der Waals surface area contributed by atoms with Crippen LogP contribution in [0, 0.1) is 11.8 Å². The number of hydrogen-bond acceptors (Lipinski definition) is 5. The smallest absolute Gasteiger partial charge is 0.243 e. The van der Waals surface area contributed by atoms with Gasteiger partial charge in [-0.15, -0.1) is 0 Å². The summed E-state index contributed by atoms with van der Waals surface area (Å²) in [5, 5.41) is 2.93. The monoisotopic (exact) mass is 457 g/mol. The molecule has 3 fully saturated rings. The van der Waals surface area contributed by atoms with Gasteiger partial charge in [-0.3, -0.25) is 24.1 Å². The van der Waals surface area contributed by atoms with Crippen LogP contribution in [0.15, 0.2) is 24.3 Å². The van der Waals surface area contributed by atoms with Crippen LogP contribution in [0.25, 0.3) is 0 Å². The zero-order chi connectivity index (χ0) is 22.7. The molecule has 0 bridgehead atoms. The first-order valence-electron chi connectivity index (χ1n) is 11.5. The summed E-state index contributed by atoms with van der Waals surface area (Å²) >= 11 is 1.60. The fourth-order valence-electron chi connectivity index (χ4n) is 5.12. The number of nitrogens with zero attached hydrogens (tertiary/aromatic N) is 2. The van der Waals surface area contributed by atoms with Crippen molar-refractivity contribution in [3.8, 4) is 0 Å². The fourth-order valence-corrected chi connectivity index (χ4v) is 5.58. The van der Waals surface area contributed by atoms with Crippen LogP contribution in [0.4, 0.5) is 5.69 Å². The number of amides is 4. The first-order chi connectivity index (χ1) is 15.5. The highest BCUT2D eigenvalue weighted by Gasteiger charge is 2.51. The van der Waals surface area contributed by atoms with E-state index in [2.05, 4.69) is 5.32 Å². The Kier molecular flexibility index (Phi) is 7.18. The van der Waals surface area contributed by atoms with Crippen molar-refractivity contribution < 1.29 is 19.2 Å². The summed E-state index contributed by atoms with van der Waals surface area (Å²) in [6.45, 7) is 1.05. The second-order valence-electron chi connectivity index (χ2n) is 8.87. The Bertz CT molecular complexity index is 864. The zero-order valence-corrected chi connectivity index (χ0v) is 19.4. The number of rotatable bonds is 8. The summed E-state index contributed by atoms with van der Waals surface area (Å²) in [6, 6.07) is 6.84. The molecule has 1 aliphatic carbocycles. The summed E-state index contributed by atoms with van der Waals surface area (Å²) in [5.74, 6) is -0.269. The molecule has 2 aliphatic heterocycles. The molecule has 0 radical (unpaired) electrons. The van der Waals surface area contributed by atoms with Crippen molar-refractivity contribution in [3.63, 3.8) is 0 Å². The van der Waals surface area contributed by atoms with Gasteiger partial charge in [0, 0.05) is 25.2 Å². The van der Waals surface area contributed by atoms with Gasteiger partial charge in [0.25, 0.3) is 0 Å². The molecule has 32 heavy (non-hydrogen) atoms. The molecule has 0 spiro atoms. The third kappa shape index (κ3) is 4.56. The maximum atomic E-state index is 13.1. The molecule has 1 saturated carbocycles. The van der Waals surface area contributed by atoms with E-state index in [1.54, 1.807) is 16.7 Å². The molecule has 0 unspecified atom stereocenters. The summed E-state index contributed by atoms with van der Waals surface area (Å²) in [4.78, 5) is 54.1. The van der Waals surface area contributed by atoms with E-state index in [-0.39, 0.29) is 35.5 Å². The summed E-state index contributed by atoms with van der Waals surface area (Å²) in [6.07, 6.45) is 7.30. The molecular weight excluding hydrogens is 426 g/mol. The van der Waals surface area contributed by atoms with Crippen molar-refractivity contribution in [2.45, 2.75) is 57.5 Å². The number of carbonyl (C=O) groups excluding carboxylic acids is 4.